The minimum absolute atomic E-state index is 0.545. The highest BCUT2D eigenvalue weighted by molar-refractivity contribution is 6.06. The van der Waals surface area contributed by atoms with Gasteiger partial charge in [-0.2, -0.15) is 5.26 Å². The second-order valence-corrected chi connectivity index (χ2v) is 4.71. The van der Waals surface area contributed by atoms with E-state index in [0.717, 1.165) is 33.2 Å². The molecule has 5 heteroatoms. The van der Waals surface area contributed by atoms with Crippen LogP contribution in [0.15, 0.2) is 49.1 Å². The van der Waals surface area contributed by atoms with E-state index in [4.69, 9.17) is 5.26 Å². The Hall–Kier alpha value is -3.26. The van der Waals surface area contributed by atoms with Crippen molar-refractivity contribution in [3.8, 4) is 17.3 Å². The van der Waals surface area contributed by atoms with Crippen LogP contribution in [0.25, 0.3) is 33.2 Å². The molecule has 0 spiro atoms. The lowest BCUT2D eigenvalue weighted by molar-refractivity contribution is 1.28. The summed E-state index contributed by atoms with van der Waals surface area (Å²) in [5.74, 6) is 0. The van der Waals surface area contributed by atoms with E-state index in [9.17, 15) is 0 Å². The molecule has 21 heavy (non-hydrogen) atoms. The summed E-state index contributed by atoms with van der Waals surface area (Å²) in [6.07, 6.45) is 6.86. The van der Waals surface area contributed by atoms with Crippen molar-refractivity contribution < 1.29 is 0 Å². The molecule has 0 fully saturated rings. The smallest absolute Gasteiger partial charge is 0.138 e. The normalized spacial score (nSPS) is 10.8. The van der Waals surface area contributed by atoms with Crippen LogP contribution in [0.1, 0.15) is 5.56 Å². The van der Waals surface area contributed by atoms with E-state index in [-0.39, 0.29) is 0 Å². The molecule has 0 aliphatic carbocycles. The first-order chi connectivity index (χ1) is 10.3. The van der Waals surface area contributed by atoms with Gasteiger partial charge < -0.3 is 4.98 Å². The van der Waals surface area contributed by atoms with E-state index < -0.39 is 0 Å². The number of nitriles is 1. The Morgan fingerprint density at radius 1 is 1.05 bits per heavy atom. The maximum Gasteiger partial charge on any atom is 0.138 e. The highest BCUT2D eigenvalue weighted by Crippen LogP contribution is 2.27. The van der Waals surface area contributed by atoms with Crippen molar-refractivity contribution in [2.45, 2.75) is 0 Å². The summed E-state index contributed by atoms with van der Waals surface area (Å²) >= 11 is 0. The number of pyridine rings is 3. The van der Waals surface area contributed by atoms with Gasteiger partial charge in [0.2, 0.25) is 0 Å². The van der Waals surface area contributed by atoms with Crippen molar-refractivity contribution >= 4 is 21.9 Å². The van der Waals surface area contributed by atoms with Crippen LogP contribution >= 0.6 is 0 Å². The van der Waals surface area contributed by atoms with Crippen molar-refractivity contribution in [2.24, 2.45) is 0 Å². The number of H-pyrrole nitrogens is 1. The highest BCUT2D eigenvalue weighted by Gasteiger charge is 2.09. The lowest BCUT2D eigenvalue weighted by atomic mass is 10.1. The van der Waals surface area contributed by atoms with Gasteiger partial charge in [-0.15, -0.1) is 0 Å². The number of hydrogen-bond acceptors (Lipinski definition) is 4. The first kappa shape index (κ1) is 11.6. The zero-order chi connectivity index (χ0) is 14.2. The van der Waals surface area contributed by atoms with Crippen LogP contribution < -0.4 is 0 Å². The standard InChI is InChI=1S/C16H9N5/c17-6-10-4-13-12-5-14(11-2-1-3-18-8-11)19-9-15(12)21-16(13)20-7-10/h1-5,7-9H,(H,20,21). The van der Waals surface area contributed by atoms with Gasteiger partial charge in [0, 0.05) is 34.9 Å². The second-order valence-electron chi connectivity index (χ2n) is 4.71. The Balaban J connectivity index is 2.02. The first-order valence-electron chi connectivity index (χ1n) is 6.43. The summed E-state index contributed by atoms with van der Waals surface area (Å²) in [5, 5.41) is 10.9. The fraction of sp³-hybridized carbons (Fsp3) is 0. The van der Waals surface area contributed by atoms with Crippen LogP contribution in [0.5, 0.6) is 0 Å². The Morgan fingerprint density at radius 2 is 2.00 bits per heavy atom. The molecule has 5 nitrogen and oxygen atoms in total. The SMILES string of the molecule is N#Cc1cnc2[nH]c3cnc(-c4cccnc4)cc3c2c1. The fourth-order valence-electron chi connectivity index (χ4n) is 2.41. The Bertz CT molecular complexity index is 996. The summed E-state index contributed by atoms with van der Waals surface area (Å²) in [6, 6.07) is 9.80. The number of aromatic amines is 1. The van der Waals surface area contributed by atoms with Crippen LogP contribution in [0.3, 0.4) is 0 Å². The van der Waals surface area contributed by atoms with E-state index in [0.29, 0.717) is 5.56 Å². The van der Waals surface area contributed by atoms with E-state index in [2.05, 4.69) is 26.0 Å². The molecule has 1 N–H and O–H groups in total. The van der Waals surface area contributed by atoms with Gasteiger partial charge in [0.15, 0.2) is 0 Å². The third-order valence-corrected chi connectivity index (χ3v) is 3.42. The quantitative estimate of drug-likeness (QED) is 0.577. The van der Waals surface area contributed by atoms with Crippen LogP contribution in [0.2, 0.25) is 0 Å². The maximum atomic E-state index is 9.02. The highest BCUT2D eigenvalue weighted by atomic mass is 14.9. The van der Waals surface area contributed by atoms with Gasteiger partial charge in [-0.1, -0.05) is 0 Å². The summed E-state index contributed by atoms with van der Waals surface area (Å²) in [6.45, 7) is 0. The molecule has 0 saturated heterocycles. The molecule has 98 valence electrons. The molecule has 4 rings (SSSR count). The topological polar surface area (TPSA) is 78.2 Å². The van der Waals surface area contributed by atoms with Crippen molar-refractivity contribution in [3.05, 3.63) is 54.6 Å². The predicted molar refractivity (Wildman–Crippen MR) is 79.3 cm³/mol. The number of rotatable bonds is 1. The molecule has 0 unspecified atom stereocenters. The molecule has 0 radical (unpaired) electrons. The molecule has 4 aromatic rings. The summed E-state index contributed by atoms with van der Waals surface area (Å²) in [7, 11) is 0. The molecule has 0 bridgehead atoms. The summed E-state index contributed by atoms with van der Waals surface area (Å²) in [4.78, 5) is 16.0. The Morgan fingerprint density at radius 3 is 2.81 bits per heavy atom. The maximum absolute atomic E-state index is 9.02. The van der Waals surface area contributed by atoms with Gasteiger partial charge in [-0.25, -0.2) is 4.98 Å². The Kier molecular flexibility index (Phi) is 2.42. The van der Waals surface area contributed by atoms with E-state index in [1.165, 1.54) is 0 Å². The average Bonchev–Trinajstić information content (AvgIpc) is 2.92. The van der Waals surface area contributed by atoms with Gasteiger partial charge in [0.05, 0.1) is 23.0 Å². The largest absolute Gasteiger partial charge is 0.338 e. The molecule has 0 aliphatic heterocycles. The lowest BCUT2D eigenvalue weighted by Crippen LogP contribution is -1.84. The van der Waals surface area contributed by atoms with Crippen molar-refractivity contribution in [2.75, 3.05) is 0 Å². The minimum Gasteiger partial charge on any atom is -0.338 e. The molecular formula is C16H9N5. The van der Waals surface area contributed by atoms with Crippen LogP contribution in [0.4, 0.5) is 0 Å². The Labute approximate surface area is 119 Å². The van der Waals surface area contributed by atoms with E-state index in [1.807, 2.05) is 24.3 Å². The van der Waals surface area contributed by atoms with Crippen LogP contribution in [-0.4, -0.2) is 19.9 Å². The third kappa shape index (κ3) is 1.82. The summed E-state index contributed by atoms with van der Waals surface area (Å²) < 4.78 is 0. The van der Waals surface area contributed by atoms with Crippen molar-refractivity contribution in [1.82, 2.24) is 19.9 Å². The number of nitrogens with one attached hydrogen (secondary N) is 1. The van der Waals surface area contributed by atoms with Gasteiger partial charge >= 0.3 is 0 Å². The molecule has 0 saturated carbocycles. The first-order valence-corrected chi connectivity index (χ1v) is 6.43. The molecule has 0 aromatic carbocycles. The van der Waals surface area contributed by atoms with E-state index >= 15 is 0 Å². The monoisotopic (exact) mass is 271 g/mol. The molecule has 0 aliphatic rings. The summed E-state index contributed by atoms with van der Waals surface area (Å²) in [5.41, 5.74) is 4.01. The third-order valence-electron chi connectivity index (χ3n) is 3.42. The lowest BCUT2D eigenvalue weighted by Gasteiger charge is -2.00. The zero-order valence-corrected chi connectivity index (χ0v) is 10.9. The van der Waals surface area contributed by atoms with Crippen molar-refractivity contribution in [3.63, 3.8) is 0 Å². The minimum atomic E-state index is 0.545. The van der Waals surface area contributed by atoms with Gasteiger partial charge in [0.1, 0.15) is 11.7 Å². The number of hydrogen-bond donors (Lipinski definition) is 1. The molecular weight excluding hydrogens is 262 g/mol. The molecule has 0 amide bonds. The van der Waals surface area contributed by atoms with Gasteiger partial charge in [-0.05, 0) is 24.3 Å². The molecule has 4 heterocycles. The van der Waals surface area contributed by atoms with Crippen LogP contribution in [-0.2, 0) is 0 Å². The van der Waals surface area contributed by atoms with Gasteiger partial charge in [0.25, 0.3) is 0 Å². The van der Waals surface area contributed by atoms with Gasteiger partial charge in [-0.3, -0.25) is 9.97 Å². The predicted octanol–water partition coefficient (Wildman–Crippen LogP) is 3.04. The molecule has 4 aromatic heterocycles. The fourth-order valence-corrected chi connectivity index (χ4v) is 2.41. The van der Waals surface area contributed by atoms with E-state index in [1.54, 1.807) is 24.8 Å². The number of nitrogens with zero attached hydrogens (tertiary/aromatic N) is 4. The second kappa shape index (κ2) is 4.39. The van der Waals surface area contributed by atoms with Crippen molar-refractivity contribution in [1.29, 1.82) is 5.26 Å². The zero-order valence-electron chi connectivity index (χ0n) is 10.9. The van der Waals surface area contributed by atoms with Crippen LogP contribution in [0, 0.1) is 11.3 Å². The number of fused-ring (bicyclic) bond motifs is 3. The average molecular weight is 271 g/mol. The molecule has 0 atom stereocenters. The number of aromatic nitrogens is 4.